The van der Waals surface area contributed by atoms with E-state index in [1.54, 1.807) is 12.1 Å². The zero-order valence-electron chi connectivity index (χ0n) is 12.9. The van der Waals surface area contributed by atoms with E-state index in [0.29, 0.717) is 0 Å². The van der Waals surface area contributed by atoms with E-state index >= 15 is 0 Å². The van der Waals surface area contributed by atoms with Crippen LogP contribution in [0.15, 0.2) is 41.3 Å². The summed E-state index contributed by atoms with van der Waals surface area (Å²) in [5.41, 5.74) is 1.15. The smallest absolute Gasteiger partial charge is 0.243 e. The molecule has 2 aromatic carbocycles. The van der Waals surface area contributed by atoms with Crippen LogP contribution < -0.4 is 0 Å². The maximum Gasteiger partial charge on any atom is 0.243 e. The molecule has 0 saturated heterocycles. The van der Waals surface area contributed by atoms with Crippen molar-refractivity contribution in [2.24, 2.45) is 0 Å². The highest BCUT2D eigenvalue weighted by Gasteiger charge is 2.31. The number of halogens is 2. The Morgan fingerprint density at radius 2 is 1.79 bits per heavy atom. The molecule has 0 spiro atoms. The van der Waals surface area contributed by atoms with Crippen LogP contribution in [0.1, 0.15) is 27.9 Å². The predicted octanol–water partition coefficient (Wildman–Crippen LogP) is 3.56. The zero-order valence-corrected chi connectivity index (χ0v) is 14.5. The van der Waals surface area contributed by atoms with Crippen LogP contribution >= 0.6 is 11.6 Å². The van der Waals surface area contributed by atoms with Gasteiger partial charge >= 0.3 is 0 Å². The summed E-state index contributed by atoms with van der Waals surface area (Å²) in [6.45, 7) is 1.64. The van der Waals surface area contributed by atoms with Crippen LogP contribution in [-0.2, 0) is 16.6 Å². The number of sulfonamides is 1. The van der Waals surface area contributed by atoms with E-state index in [1.807, 2.05) is 6.92 Å². The molecule has 3 rings (SSSR count). The average molecular weight is 368 g/mol. The molecule has 0 aliphatic carbocycles. The number of benzene rings is 2. The molecule has 0 atom stereocenters. The van der Waals surface area contributed by atoms with E-state index in [1.165, 1.54) is 24.3 Å². The minimum absolute atomic E-state index is 0.000776. The third kappa shape index (κ3) is 2.97. The predicted molar refractivity (Wildman–Crippen MR) is 89.1 cm³/mol. The third-order valence-electron chi connectivity index (χ3n) is 4.08. The van der Waals surface area contributed by atoms with Crippen molar-refractivity contribution in [3.63, 3.8) is 0 Å². The van der Waals surface area contributed by atoms with Crippen LogP contribution in [0.3, 0.4) is 0 Å². The van der Waals surface area contributed by atoms with Crippen molar-refractivity contribution in [1.29, 1.82) is 0 Å². The van der Waals surface area contributed by atoms with Crippen LogP contribution in [0.4, 0.5) is 4.39 Å². The summed E-state index contributed by atoms with van der Waals surface area (Å²) in [6.07, 6.45) is -0.000830. The van der Waals surface area contributed by atoms with Gasteiger partial charge in [0.1, 0.15) is 5.82 Å². The van der Waals surface area contributed by atoms with E-state index in [0.717, 1.165) is 9.87 Å². The number of carbonyl (C=O) groups is 1. The van der Waals surface area contributed by atoms with E-state index in [-0.39, 0.29) is 46.3 Å². The Kier molecular flexibility index (Phi) is 4.46. The van der Waals surface area contributed by atoms with Crippen LogP contribution in [-0.4, -0.2) is 25.1 Å². The summed E-state index contributed by atoms with van der Waals surface area (Å²) in [4.78, 5) is 12.3. The molecule has 0 bridgehead atoms. The average Bonchev–Trinajstić information content (AvgIpc) is 2.72. The lowest BCUT2D eigenvalue weighted by Gasteiger charge is -2.20. The molecule has 2 aromatic rings. The van der Waals surface area contributed by atoms with Gasteiger partial charge in [0.2, 0.25) is 10.0 Å². The fourth-order valence-corrected chi connectivity index (χ4v) is 4.28. The second-order valence-electron chi connectivity index (χ2n) is 5.71. The Labute approximate surface area is 144 Å². The molecule has 0 saturated carbocycles. The maximum atomic E-state index is 14.3. The first-order chi connectivity index (χ1) is 11.3. The molecular weight excluding hydrogens is 353 g/mol. The number of ketones is 1. The van der Waals surface area contributed by atoms with Crippen LogP contribution in [0.2, 0.25) is 5.02 Å². The van der Waals surface area contributed by atoms with Crippen molar-refractivity contribution in [2.75, 3.05) is 6.54 Å². The van der Waals surface area contributed by atoms with Crippen LogP contribution in [0.25, 0.3) is 0 Å². The lowest BCUT2D eigenvalue weighted by atomic mass is 10.0. The Morgan fingerprint density at radius 3 is 2.46 bits per heavy atom. The number of hydrogen-bond donors (Lipinski definition) is 0. The molecule has 4 nitrogen and oxygen atoms in total. The number of hydrogen-bond acceptors (Lipinski definition) is 3. The molecule has 0 unspecified atom stereocenters. The van der Waals surface area contributed by atoms with E-state index in [9.17, 15) is 17.6 Å². The topological polar surface area (TPSA) is 54.5 Å². The van der Waals surface area contributed by atoms with E-state index < -0.39 is 15.8 Å². The molecule has 1 heterocycles. The number of rotatable bonds is 2. The normalized spacial score (nSPS) is 15.9. The fraction of sp³-hybridized carbons (Fsp3) is 0.235. The van der Waals surface area contributed by atoms with Crippen molar-refractivity contribution in [3.8, 4) is 0 Å². The molecule has 0 fully saturated rings. The molecule has 24 heavy (non-hydrogen) atoms. The maximum absolute atomic E-state index is 14.3. The number of aryl methyl sites for hydroxylation is 1. The minimum atomic E-state index is -3.83. The van der Waals surface area contributed by atoms with E-state index in [2.05, 4.69) is 0 Å². The molecule has 1 aliphatic rings. The van der Waals surface area contributed by atoms with Gasteiger partial charge in [-0.1, -0.05) is 29.3 Å². The second-order valence-corrected chi connectivity index (χ2v) is 8.06. The van der Waals surface area contributed by atoms with Gasteiger partial charge in [0.05, 0.1) is 9.92 Å². The highest BCUT2D eigenvalue weighted by molar-refractivity contribution is 7.89. The Morgan fingerprint density at radius 1 is 1.12 bits per heavy atom. The quantitative estimate of drug-likeness (QED) is 0.815. The van der Waals surface area contributed by atoms with Gasteiger partial charge in [-0.2, -0.15) is 4.31 Å². The SMILES string of the molecule is Cc1ccc(S(=O)(=O)N2CCC(=O)c3ccc(Cl)c(F)c3C2)cc1. The third-order valence-corrected chi connectivity index (χ3v) is 6.23. The van der Waals surface area contributed by atoms with Gasteiger partial charge in [0.15, 0.2) is 5.78 Å². The molecule has 7 heteroatoms. The van der Waals surface area contributed by atoms with E-state index in [4.69, 9.17) is 11.6 Å². The van der Waals surface area contributed by atoms with Gasteiger partial charge in [-0.05, 0) is 31.2 Å². The molecular formula is C17H15ClFNO3S. The molecule has 0 radical (unpaired) electrons. The van der Waals surface area contributed by atoms with Gasteiger partial charge in [0.25, 0.3) is 0 Å². The Bertz CT molecular complexity index is 910. The highest BCUT2D eigenvalue weighted by atomic mass is 35.5. The molecule has 0 amide bonds. The van der Waals surface area contributed by atoms with Crippen molar-refractivity contribution in [3.05, 3.63) is 63.9 Å². The Hall–Kier alpha value is -1.76. The summed E-state index contributed by atoms with van der Waals surface area (Å²) in [7, 11) is -3.83. The molecule has 126 valence electrons. The summed E-state index contributed by atoms with van der Waals surface area (Å²) < 4.78 is 41.1. The van der Waals surface area contributed by atoms with Gasteiger partial charge in [-0.15, -0.1) is 0 Å². The molecule has 1 aliphatic heterocycles. The zero-order chi connectivity index (χ0) is 17.5. The summed E-state index contributed by atoms with van der Waals surface area (Å²) in [5, 5.41) is -0.129. The monoisotopic (exact) mass is 367 g/mol. The number of Topliss-reactive ketones (excluding diaryl/α,β-unsaturated/α-hetero) is 1. The van der Waals surface area contributed by atoms with Crippen LogP contribution in [0.5, 0.6) is 0 Å². The first kappa shape index (κ1) is 17.1. The summed E-state index contributed by atoms with van der Waals surface area (Å²) in [6, 6.07) is 9.17. The summed E-state index contributed by atoms with van der Waals surface area (Å²) in [5.74, 6) is -1.03. The van der Waals surface area contributed by atoms with Crippen molar-refractivity contribution in [1.82, 2.24) is 4.31 Å². The van der Waals surface area contributed by atoms with Gasteiger partial charge in [-0.25, -0.2) is 12.8 Å². The number of fused-ring (bicyclic) bond motifs is 1. The number of nitrogens with zero attached hydrogens (tertiary/aromatic N) is 1. The minimum Gasteiger partial charge on any atom is -0.294 e. The Balaban J connectivity index is 2.05. The van der Waals surface area contributed by atoms with Crippen molar-refractivity contribution >= 4 is 27.4 Å². The van der Waals surface area contributed by atoms with Gasteiger partial charge < -0.3 is 0 Å². The lowest BCUT2D eigenvalue weighted by Crippen LogP contribution is -2.31. The second kappa shape index (κ2) is 6.27. The highest BCUT2D eigenvalue weighted by Crippen LogP contribution is 2.29. The van der Waals surface area contributed by atoms with Crippen LogP contribution in [0, 0.1) is 12.7 Å². The van der Waals surface area contributed by atoms with Gasteiger partial charge in [0, 0.05) is 30.6 Å². The first-order valence-corrected chi connectivity index (χ1v) is 9.19. The standard InChI is InChI=1S/C17H15ClFNO3S/c1-11-2-4-12(5-3-11)24(22,23)20-9-8-16(21)13-6-7-15(18)17(19)14(13)10-20/h2-7H,8-10H2,1H3. The van der Waals surface area contributed by atoms with Crippen molar-refractivity contribution in [2.45, 2.75) is 24.8 Å². The van der Waals surface area contributed by atoms with Crippen molar-refractivity contribution < 1.29 is 17.6 Å². The molecule has 0 N–H and O–H groups in total. The molecule has 0 aromatic heterocycles. The number of carbonyl (C=O) groups excluding carboxylic acids is 1. The fourth-order valence-electron chi connectivity index (χ4n) is 2.69. The first-order valence-electron chi connectivity index (χ1n) is 7.37. The summed E-state index contributed by atoms with van der Waals surface area (Å²) >= 11 is 5.79. The largest absolute Gasteiger partial charge is 0.294 e. The van der Waals surface area contributed by atoms with Gasteiger partial charge in [-0.3, -0.25) is 4.79 Å². The lowest BCUT2D eigenvalue weighted by molar-refractivity contribution is 0.0981.